The number of hydrogen-bond acceptors (Lipinski definition) is 8. The Hall–Kier alpha value is -4.37. The van der Waals surface area contributed by atoms with E-state index in [0.717, 1.165) is 10.3 Å². The highest BCUT2D eigenvalue weighted by atomic mass is 32.1. The summed E-state index contributed by atoms with van der Waals surface area (Å²) in [6.07, 6.45) is 0. The van der Waals surface area contributed by atoms with Crippen molar-refractivity contribution < 1.29 is 28.9 Å². The maximum absolute atomic E-state index is 13.6. The first-order chi connectivity index (χ1) is 17.9. The van der Waals surface area contributed by atoms with Crippen LogP contribution in [0.1, 0.15) is 22.7 Å². The number of aliphatic hydroxyl groups is 1. The number of methoxy groups -OCH3 is 3. The van der Waals surface area contributed by atoms with Gasteiger partial charge in [-0.2, -0.15) is 0 Å². The molecule has 8 nitrogen and oxygen atoms in total. The van der Waals surface area contributed by atoms with E-state index in [0.29, 0.717) is 39.0 Å². The lowest BCUT2D eigenvalue weighted by molar-refractivity contribution is -0.132. The predicted molar refractivity (Wildman–Crippen MR) is 142 cm³/mol. The summed E-state index contributed by atoms with van der Waals surface area (Å²) in [5, 5.41) is 11.8. The molecule has 188 valence electrons. The van der Waals surface area contributed by atoms with E-state index in [1.54, 1.807) is 42.5 Å². The van der Waals surface area contributed by atoms with E-state index in [2.05, 4.69) is 4.98 Å². The van der Waals surface area contributed by atoms with Crippen LogP contribution in [-0.4, -0.2) is 43.1 Å². The number of aryl methyl sites for hydroxylation is 1. The van der Waals surface area contributed by atoms with Crippen LogP contribution < -0.4 is 19.1 Å². The van der Waals surface area contributed by atoms with Gasteiger partial charge in [0.15, 0.2) is 16.6 Å². The third kappa shape index (κ3) is 4.07. The number of rotatable bonds is 6. The summed E-state index contributed by atoms with van der Waals surface area (Å²) in [6.45, 7) is 1.97. The number of ether oxygens (including phenoxy) is 3. The zero-order valence-corrected chi connectivity index (χ0v) is 21.5. The first-order valence-corrected chi connectivity index (χ1v) is 12.2. The molecule has 1 N–H and O–H groups in total. The van der Waals surface area contributed by atoms with Gasteiger partial charge < -0.3 is 19.3 Å². The monoisotopic (exact) mass is 516 g/mol. The average molecular weight is 517 g/mol. The zero-order chi connectivity index (χ0) is 26.3. The van der Waals surface area contributed by atoms with Crippen LogP contribution in [-0.2, 0) is 9.59 Å². The topological polar surface area (TPSA) is 98.2 Å². The molecule has 0 aliphatic carbocycles. The van der Waals surface area contributed by atoms with Gasteiger partial charge in [-0.05, 0) is 42.8 Å². The minimum absolute atomic E-state index is 0.0831. The summed E-state index contributed by atoms with van der Waals surface area (Å²) >= 11 is 1.30. The minimum Gasteiger partial charge on any atom is -0.507 e. The fraction of sp³-hybridized carbons (Fsp3) is 0.179. The Balaban J connectivity index is 1.79. The number of aromatic nitrogens is 1. The van der Waals surface area contributed by atoms with E-state index in [-0.39, 0.29) is 11.3 Å². The third-order valence-corrected chi connectivity index (χ3v) is 7.27. The molecule has 1 aliphatic rings. The van der Waals surface area contributed by atoms with Crippen molar-refractivity contribution in [3.8, 4) is 17.2 Å². The third-order valence-electron chi connectivity index (χ3n) is 6.25. The molecule has 3 aromatic carbocycles. The molecule has 1 amide bonds. The Labute approximate surface area is 217 Å². The van der Waals surface area contributed by atoms with Crippen LogP contribution in [0, 0.1) is 6.92 Å². The molecular weight excluding hydrogens is 492 g/mol. The normalized spacial score (nSPS) is 16.9. The first-order valence-electron chi connectivity index (χ1n) is 11.4. The molecule has 1 aliphatic heterocycles. The number of carbonyl (C=O) groups excluding carboxylic acids is 2. The van der Waals surface area contributed by atoms with Gasteiger partial charge in [-0.15, -0.1) is 0 Å². The quantitative estimate of drug-likeness (QED) is 0.212. The number of Topliss-reactive ketones (excluding diaryl/α,β-unsaturated/α-hetero) is 1. The number of amides is 1. The number of nitrogens with zero attached hydrogens (tertiary/aromatic N) is 2. The van der Waals surface area contributed by atoms with Gasteiger partial charge >= 0.3 is 5.91 Å². The predicted octanol–water partition coefficient (Wildman–Crippen LogP) is 5.26. The molecule has 1 fully saturated rings. The van der Waals surface area contributed by atoms with Gasteiger partial charge in [0.05, 0.1) is 37.1 Å². The highest BCUT2D eigenvalue weighted by Crippen LogP contribution is 2.48. The van der Waals surface area contributed by atoms with Gasteiger partial charge in [0, 0.05) is 11.1 Å². The molecule has 1 saturated heterocycles. The van der Waals surface area contributed by atoms with Crippen molar-refractivity contribution in [1.82, 2.24) is 4.98 Å². The highest BCUT2D eigenvalue weighted by Gasteiger charge is 2.49. The summed E-state index contributed by atoms with van der Waals surface area (Å²) in [6, 6.07) is 16.6. The minimum atomic E-state index is -1.02. The molecule has 0 radical (unpaired) electrons. The van der Waals surface area contributed by atoms with E-state index in [9.17, 15) is 14.7 Å². The Morgan fingerprint density at radius 2 is 1.76 bits per heavy atom. The van der Waals surface area contributed by atoms with E-state index in [1.807, 2.05) is 25.1 Å². The molecular formula is C28H24N2O6S. The second-order valence-electron chi connectivity index (χ2n) is 8.45. The molecule has 1 aromatic heterocycles. The van der Waals surface area contributed by atoms with Crippen molar-refractivity contribution in [3.05, 3.63) is 82.9 Å². The lowest BCUT2D eigenvalue weighted by atomic mass is 9.94. The average Bonchev–Trinajstić information content (AvgIpc) is 3.45. The van der Waals surface area contributed by atoms with Gasteiger partial charge in [-0.1, -0.05) is 41.7 Å². The molecule has 0 saturated carbocycles. The Morgan fingerprint density at radius 1 is 0.973 bits per heavy atom. The van der Waals surface area contributed by atoms with Gasteiger partial charge in [-0.25, -0.2) is 4.98 Å². The van der Waals surface area contributed by atoms with Crippen molar-refractivity contribution >= 4 is 44.1 Å². The van der Waals surface area contributed by atoms with Gasteiger partial charge in [-0.3, -0.25) is 14.5 Å². The van der Waals surface area contributed by atoms with Crippen LogP contribution in [0.5, 0.6) is 17.2 Å². The molecule has 9 heteroatoms. The number of carbonyl (C=O) groups is 2. The lowest BCUT2D eigenvalue weighted by Gasteiger charge is -2.25. The van der Waals surface area contributed by atoms with E-state index < -0.39 is 17.7 Å². The summed E-state index contributed by atoms with van der Waals surface area (Å²) in [4.78, 5) is 33.1. The Bertz CT molecular complexity index is 1570. The fourth-order valence-corrected chi connectivity index (χ4v) is 5.59. The standard InChI is InChI=1S/C28H24N2O6S/c1-15-11-12-19-21(13-15)37-28(29-19)30-23(18-9-6-10-20(35-3)26(18)36-4)22(25(32)27(30)33)24(31)16-7-5-8-17(14-16)34-2/h5-14,23,31H,1-4H3/b24-22+/t23-/m0/s1. The van der Waals surface area contributed by atoms with Crippen LogP contribution in [0.4, 0.5) is 5.13 Å². The van der Waals surface area contributed by atoms with Crippen LogP contribution in [0.3, 0.4) is 0 Å². The number of benzene rings is 3. The number of hydrogen-bond donors (Lipinski definition) is 1. The van der Waals surface area contributed by atoms with E-state index in [1.165, 1.54) is 37.6 Å². The number of para-hydroxylation sites is 1. The summed E-state index contributed by atoms with van der Waals surface area (Å²) < 4.78 is 17.3. The molecule has 37 heavy (non-hydrogen) atoms. The zero-order valence-electron chi connectivity index (χ0n) is 20.6. The van der Waals surface area contributed by atoms with Crippen molar-refractivity contribution in [1.29, 1.82) is 0 Å². The summed E-state index contributed by atoms with van der Waals surface area (Å²) in [5.41, 5.74) is 2.48. The van der Waals surface area contributed by atoms with Crippen LogP contribution >= 0.6 is 11.3 Å². The number of thiazole rings is 1. The van der Waals surface area contributed by atoms with Gasteiger partial charge in [0.1, 0.15) is 17.6 Å². The molecule has 0 spiro atoms. The Morgan fingerprint density at radius 3 is 2.49 bits per heavy atom. The largest absolute Gasteiger partial charge is 0.507 e. The number of aliphatic hydroxyl groups excluding tert-OH is 1. The fourth-order valence-electron chi connectivity index (χ4n) is 4.50. The second kappa shape index (κ2) is 9.59. The van der Waals surface area contributed by atoms with Crippen molar-refractivity contribution in [2.75, 3.05) is 26.2 Å². The SMILES string of the molecule is COc1cccc(/C(O)=C2\C(=O)C(=O)N(c3nc4ccc(C)cc4s3)[C@H]2c2cccc(OC)c2OC)c1. The van der Waals surface area contributed by atoms with E-state index >= 15 is 0 Å². The molecule has 0 unspecified atom stereocenters. The van der Waals surface area contributed by atoms with Crippen LogP contribution in [0.25, 0.3) is 16.0 Å². The van der Waals surface area contributed by atoms with E-state index in [4.69, 9.17) is 14.2 Å². The number of anilines is 1. The molecule has 4 aromatic rings. The Kier molecular flexibility index (Phi) is 6.31. The van der Waals surface area contributed by atoms with Crippen molar-refractivity contribution in [2.24, 2.45) is 0 Å². The second-order valence-corrected chi connectivity index (χ2v) is 9.46. The highest BCUT2D eigenvalue weighted by molar-refractivity contribution is 7.22. The van der Waals surface area contributed by atoms with Gasteiger partial charge in [0.2, 0.25) is 0 Å². The molecule has 2 heterocycles. The van der Waals surface area contributed by atoms with Crippen LogP contribution in [0.2, 0.25) is 0 Å². The molecule has 1 atom stereocenters. The maximum Gasteiger partial charge on any atom is 0.301 e. The molecule has 0 bridgehead atoms. The number of fused-ring (bicyclic) bond motifs is 1. The number of ketones is 1. The molecule has 5 rings (SSSR count). The smallest absolute Gasteiger partial charge is 0.301 e. The van der Waals surface area contributed by atoms with Crippen LogP contribution in [0.15, 0.2) is 66.2 Å². The maximum atomic E-state index is 13.6. The van der Waals surface area contributed by atoms with Crippen molar-refractivity contribution in [3.63, 3.8) is 0 Å². The van der Waals surface area contributed by atoms with Crippen molar-refractivity contribution in [2.45, 2.75) is 13.0 Å². The lowest BCUT2D eigenvalue weighted by Crippen LogP contribution is -2.29. The summed E-state index contributed by atoms with van der Waals surface area (Å²) in [5.74, 6) is -0.690. The van der Waals surface area contributed by atoms with Gasteiger partial charge in [0.25, 0.3) is 5.78 Å². The summed E-state index contributed by atoms with van der Waals surface area (Å²) in [7, 11) is 4.49. The first kappa shape index (κ1) is 24.3.